The zero-order valence-electron chi connectivity index (χ0n) is 21.1. The predicted octanol–water partition coefficient (Wildman–Crippen LogP) is 3.90. The second-order valence-corrected chi connectivity index (χ2v) is 10.8. The maximum absolute atomic E-state index is 13.9. The maximum atomic E-state index is 13.9. The molecule has 1 aromatic heterocycles. The van der Waals surface area contributed by atoms with Gasteiger partial charge in [-0.25, -0.2) is 9.79 Å². The molecule has 0 saturated carbocycles. The summed E-state index contributed by atoms with van der Waals surface area (Å²) in [5, 5.41) is 10.7. The lowest BCUT2D eigenvalue weighted by atomic mass is 9.95. The van der Waals surface area contributed by atoms with Gasteiger partial charge in [0.1, 0.15) is 11.8 Å². The molecule has 0 amide bonds. The molecule has 3 aromatic rings. The van der Waals surface area contributed by atoms with Crippen LogP contribution in [0.5, 0.6) is 17.2 Å². The van der Waals surface area contributed by atoms with Gasteiger partial charge in [-0.3, -0.25) is 9.36 Å². The molecule has 1 N–H and O–H groups in total. The lowest BCUT2D eigenvalue weighted by Crippen LogP contribution is -2.40. The summed E-state index contributed by atoms with van der Waals surface area (Å²) in [5.41, 5.74) is 1.49. The van der Waals surface area contributed by atoms with E-state index in [9.17, 15) is 14.7 Å². The molecule has 0 radical (unpaired) electrons. The Bertz CT molecular complexity index is 1570. The molecule has 1 aliphatic rings. The van der Waals surface area contributed by atoms with Crippen LogP contribution < -0.4 is 24.4 Å². The number of ether oxygens (including phenoxy) is 3. The highest BCUT2D eigenvalue weighted by molar-refractivity contribution is 14.1. The SMILES string of the molecule is CCOC(=O)C1=C(C)N=c2s/c(=C\c3cc(I)cc(OC)c3O)c(=O)n2[C@@H]1c1ccccc1OC(C)C. The van der Waals surface area contributed by atoms with E-state index in [0.717, 1.165) is 3.57 Å². The molecular weight excluding hydrogens is 607 g/mol. The minimum absolute atomic E-state index is 0.0654. The van der Waals surface area contributed by atoms with E-state index in [0.29, 0.717) is 37.7 Å². The third kappa shape index (κ3) is 5.30. The van der Waals surface area contributed by atoms with Crippen molar-refractivity contribution in [2.75, 3.05) is 13.7 Å². The molecule has 1 aliphatic heterocycles. The number of aromatic nitrogens is 1. The van der Waals surface area contributed by atoms with Crippen LogP contribution in [0.1, 0.15) is 44.9 Å². The summed E-state index contributed by atoms with van der Waals surface area (Å²) < 4.78 is 19.4. The number of nitrogens with zero attached hydrogens (tertiary/aromatic N) is 2. The third-order valence-corrected chi connectivity index (χ3v) is 7.27. The zero-order valence-corrected chi connectivity index (χ0v) is 24.0. The molecule has 0 bridgehead atoms. The van der Waals surface area contributed by atoms with Crippen molar-refractivity contribution in [2.45, 2.75) is 39.8 Å². The predicted molar refractivity (Wildman–Crippen MR) is 150 cm³/mol. The summed E-state index contributed by atoms with van der Waals surface area (Å²) in [6, 6.07) is 10.0. The molecule has 194 valence electrons. The van der Waals surface area contributed by atoms with E-state index < -0.39 is 12.0 Å². The van der Waals surface area contributed by atoms with Gasteiger partial charge in [0.25, 0.3) is 5.56 Å². The van der Waals surface area contributed by atoms with Gasteiger partial charge in [-0.05, 0) is 74.6 Å². The molecule has 2 aromatic carbocycles. The Balaban J connectivity index is 2.00. The zero-order chi connectivity index (χ0) is 26.9. The molecule has 8 nitrogen and oxygen atoms in total. The number of allylic oxidation sites excluding steroid dienone is 1. The minimum Gasteiger partial charge on any atom is -0.504 e. The Morgan fingerprint density at radius 1 is 1.27 bits per heavy atom. The van der Waals surface area contributed by atoms with Crippen LogP contribution in [0.4, 0.5) is 0 Å². The number of rotatable bonds is 7. The molecule has 37 heavy (non-hydrogen) atoms. The molecular formula is C27H27IN2O6S. The van der Waals surface area contributed by atoms with Gasteiger partial charge in [-0.15, -0.1) is 0 Å². The van der Waals surface area contributed by atoms with Crippen LogP contribution in [0.2, 0.25) is 0 Å². The monoisotopic (exact) mass is 634 g/mol. The summed E-state index contributed by atoms with van der Waals surface area (Å²) in [6.45, 7) is 7.48. The topological polar surface area (TPSA) is 99.4 Å². The Morgan fingerprint density at radius 2 is 2.00 bits per heavy atom. The Hall–Kier alpha value is -3.12. The van der Waals surface area contributed by atoms with Gasteiger partial charge in [0.15, 0.2) is 16.3 Å². The van der Waals surface area contributed by atoms with Gasteiger partial charge in [0.2, 0.25) is 0 Å². The number of hydrogen-bond donors (Lipinski definition) is 1. The number of hydrogen-bond acceptors (Lipinski definition) is 8. The van der Waals surface area contributed by atoms with Crippen molar-refractivity contribution in [1.82, 2.24) is 4.57 Å². The summed E-state index contributed by atoms with van der Waals surface area (Å²) in [4.78, 5) is 32.1. The van der Waals surface area contributed by atoms with Crippen molar-refractivity contribution >= 4 is 46.0 Å². The number of carbonyl (C=O) groups excluding carboxylic acids is 1. The average molecular weight is 634 g/mol. The van der Waals surface area contributed by atoms with Crippen LogP contribution in [-0.4, -0.2) is 35.5 Å². The number of halogens is 1. The molecule has 0 fully saturated rings. The molecule has 0 aliphatic carbocycles. The van der Waals surface area contributed by atoms with E-state index in [4.69, 9.17) is 14.2 Å². The van der Waals surface area contributed by atoms with Gasteiger partial charge in [0, 0.05) is 14.7 Å². The van der Waals surface area contributed by atoms with Crippen molar-refractivity contribution in [2.24, 2.45) is 4.99 Å². The van der Waals surface area contributed by atoms with Crippen LogP contribution in [-0.2, 0) is 9.53 Å². The molecule has 0 spiro atoms. The van der Waals surface area contributed by atoms with Crippen LogP contribution >= 0.6 is 33.9 Å². The minimum atomic E-state index is -0.800. The first-order valence-corrected chi connectivity index (χ1v) is 13.6. The fourth-order valence-corrected chi connectivity index (χ4v) is 5.81. The first-order valence-electron chi connectivity index (χ1n) is 11.7. The van der Waals surface area contributed by atoms with Gasteiger partial charge in [0.05, 0.1) is 35.6 Å². The number of aromatic hydroxyl groups is 1. The van der Waals surface area contributed by atoms with Crippen LogP contribution in [0.15, 0.2) is 57.5 Å². The highest BCUT2D eigenvalue weighted by atomic mass is 127. The summed E-state index contributed by atoms with van der Waals surface area (Å²) in [6.07, 6.45) is 1.49. The van der Waals surface area contributed by atoms with Crippen LogP contribution in [0.3, 0.4) is 0 Å². The second kappa shape index (κ2) is 11.1. The number of thiazole rings is 1. The van der Waals surface area contributed by atoms with E-state index in [1.165, 1.54) is 23.0 Å². The summed E-state index contributed by atoms with van der Waals surface area (Å²) >= 11 is 3.30. The number of para-hydroxylation sites is 1. The maximum Gasteiger partial charge on any atom is 0.338 e. The lowest BCUT2D eigenvalue weighted by molar-refractivity contribution is -0.139. The number of phenols is 1. The molecule has 4 rings (SSSR count). The highest BCUT2D eigenvalue weighted by Gasteiger charge is 2.35. The largest absolute Gasteiger partial charge is 0.504 e. The van der Waals surface area contributed by atoms with Crippen molar-refractivity contribution in [3.05, 3.63) is 82.1 Å². The van der Waals surface area contributed by atoms with Crippen LogP contribution in [0.25, 0.3) is 6.08 Å². The van der Waals surface area contributed by atoms with Gasteiger partial charge >= 0.3 is 5.97 Å². The first kappa shape index (κ1) is 26.9. The third-order valence-electron chi connectivity index (χ3n) is 5.67. The number of fused-ring (bicyclic) bond motifs is 1. The van der Waals surface area contributed by atoms with Crippen molar-refractivity contribution in [3.8, 4) is 17.2 Å². The van der Waals surface area contributed by atoms with E-state index >= 15 is 0 Å². The van der Waals surface area contributed by atoms with Crippen molar-refractivity contribution in [1.29, 1.82) is 0 Å². The van der Waals surface area contributed by atoms with Crippen molar-refractivity contribution < 1.29 is 24.1 Å². The molecule has 10 heteroatoms. The van der Waals surface area contributed by atoms with E-state index in [-0.39, 0.29) is 29.6 Å². The average Bonchev–Trinajstić information content (AvgIpc) is 3.14. The standard InChI is InChI=1S/C27H27IN2O6S/c1-6-35-26(33)22-15(4)29-27-30(23(22)18-9-7-8-10-19(18)36-14(2)3)25(32)21(37-27)12-16-11-17(28)13-20(34-5)24(16)31/h7-14,23,31H,6H2,1-5H3/b21-12-/t23-/m1/s1. The number of benzene rings is 2. The number of methoxy groups -OCH3 is 1. The molecule has 0 saturated heterocycles. The van der Waals surface area contributed by atoms with E-state index in [1.807, 2.05) is 38.1 Å². The molecule has 2 heterocycles. The molecule has 1 atom stereocenters. The molecule has 0 unspecified atom stereocenters. The second-order valence-electron chi connectivity index (χ2n) is 8.55. The van der Waals surface area contributed by atoms with E-state index in [2.05, 4.69) is 27.6 Å². The number of carbonyl (C=O) groups is 1. The smallest absolute Gasteiger partial charge is 0.338 e. The first-order chi connectivity index (χ1) is 17.7. The van der Waals surface area contributed by atoms with Gasteiger partial charge < -0.3 is 19.3 Å². The van der Waals surface area contributed by atoms with Crippen molar-refractivity contribution in [3.63, 3.8) is 0 Å². The number of esters is 1. The quantitative estimate of drug-likeness (QED) is 0.313. The Kier molecular flexibility index (Phi) is 8.08. The Labute approximate surface area is 231 Å². The van der Waals surface area contributed by atoms with Crippen LogP contribution in [0, 0.1) is 3.57 Å². The van der Waals surface area contributed by atoms with E-state index in [1.54, 1.807) is 32.1 Å². The normalized spacial score (nSPS) is 15.4. The number of phenolic OH excluding ortho intramolecular Hbond substituents is 1. The summed E-state index contributed by atoms with van der Waals surface area (Å²) in [7, 11) is 1.47. The lowest BCUT2D eigenvalue weighted by Gasteiger charge is -2.26. The van der Waals surface area contributed by atoms with Gasteiger partial charge in [-0.2, -0.15) is 0 Å². The highest BCUT2D eigenvalue weighted by Crippen LogP contribution is 2.36. The summed E-state index contributed by atoms with van der Waals surface area (Å²) in [5.74, 6) is 0.268. The fourth-order valence-electron chi connectivity index (χ4n) is 4.15. The Morgan fingerprint density at radius 3 is 2.68 bits per heavy atom. The van der Waals surface area contributed by atoms with Gasteiger partial charge in [-0.1, -0.05) is 29.5 Å². The fraction of sp³-hybridized carbons (Fsp3) is 0.296.